The van der Waals surface area contributed by atoms with Gasteiger partial charge in [-0.2, -0.15) is 0 Å². The molecule has 0 spiro atoms. The van der Waals surface area contributed by atoms with Crippen LogP contribution in [0.1, 0.15) is 58.4 Å². The number of ether oxygens (including phenoxy) is 1. The molecular weight excluding hydrogens is 524 g/mol. The Morgan fingerprint density at radius 3 is 2.52 bits per heavy atom. The van der Waals surface area contributed by atoms with Gasteiger partial charge in [0.15, 0.2) is 5.78 Å². The SMILES string of the molecule is CCC[C@@H](CC(=O)c1ccc(-c2c(Cl)cccc2-c2nc3ccc(O)cc3[nH]2)c(C(=O)OC)c1)c1ccccc1. The highest BCUT2D eigenvalue weighted by atomic mass is 35.5. The number of Topliss-reactive ketones (excluding diaryl/α,β-unsaturated/α-hetero) is 1. The summed E-state index contributed by atoms with van der Waals surface area (Å²) in [6.45, 7) is 2.11. The first-order valence-electron chi connectivity index (χ1n) is 13.2. The Labute approximate surface area is 237 Å². The predicted octanol–water partition coefficient (Wildman–Crippen LogP) is 8.20. The quantitative estimate of drug-likeness (QED) is 0.142. The molecule has 1 aromatic heterocycles. The predicted molar refractivity (Wildman–Crippen MR) is 158 cm³/mol. The van der Waals surface area contributed by atoms with E-state index in [1.54, 1.807) is 48.5 Å². The van der Waals surface area contributed by atoms with Gasteiger partial charge in [0.2, 0.25) is 0 Å². The van der Waals surface area contributed by atoms with Gasteiger partial charge in [-0.3, -0.25) is 4.79 Å². The Morgan fingerprint density at radius 2 is 1.77 bits per heavy atom. The molecule has 0 aliphatic rings. The maximum Gasteiger partial charge on any atom is 0.338 e. The van der Waals surface area contributed by atoms with Crippen LogP contribution in [0.4, 0.5) is 0 Å². The summed E-state index contributed by atoms with van der Waals surface area (Å²) < 4.78 is 5.12. The van der Waals surface area contributed by atoms with Crippen LogP contribution in [0.5, 0.6) is 5.75 Å². The number of aromatic hydroxyl groups is 1. The number of carbonyl (C=O) groups excluding carboxylic acids is 2. The number of fused-ring (bicyclic) bond motifs is 1. The van der Waals surface area contributed by atoms with Gasteiger partial charge >= 0.3 is 5.97 Å². The average Bonchev–Trinajstić information content (AvgIpc) is 3.39. The average molecular weight is 553 g/mol. The molecular formula is C33H29ClN2O4. The summed E-state index contributed by atoms with van der Waals surface area (Å²) >= 11 is 6.73. The van der Waals surface area contributed by atoms with Gasteiger partial charge in [-0.05, 0) is 47.7 Å². The maximum atomic E-state index is 13.5. The monoisotopic (exact) mass is 552 g/mol. The first kappa shape index (κ1) is 27.2. The highest BCUT2D eigenvalue weighted by Crippen LogP contribution is 2.40. The Kier molecular flexibility index (Phi) is 7.99. The summed E-state index contributed by atoms with van der Waals surface area (Å²) in [6, 6.07) is 25.4. The number of imidazole rings is 1. The van der Waals surface area contributed by atoms with Gasteiger partial charge in [0.25, 0.3) is 0 Å². The van der Waals surface area contributed by atoms with Crippen LogP contribution in [0, 0.1) is 0 Å². The second-order valence-electron chi connectivity index (χ2n) is 9.72. The van der Waals surface area contributed by atoms with E-state index in [-0.39, 0.29) is 23.0 Å². The lowest BCUT2D eigenvalue weighted by Gasteiger charge is -2.17. The van der Waals surface area contributed by atoms with Crippen molar-refractivity contribution in [2.24, 2.45) is 0 Å². The van der Waals surface area contributed by atoms with E-state index in [4.69, 9.17) is 16.3 Å². The highest BCUT2D eigenvalue weighted by Gasteiger charge is 2.23. The number of methoxy groups -OCH3 is 1. The Morgan fingerprint density at radius 1 is 0.975 bits per heavy atom. The zero-order chi connectivity index (χ0) is 28.2. The normalized spacial score (nSPS) is 11.9. The van der Waals surface area contributed by atoms with Crippen molar-refractivity contribution in [2.45, 2.75) is 32.1 Å². The van der Waals surface area contributed by atoms with Crippen LogP contribution in [0.25, 0.3) is 33.5 Å². The van der Waals surface area contributed by atoms with E-state index in [0.717, 1.165) is 18.4 Å². The molecule has 0 aliphatic carbocycles. The van der Waals surface area contributed by atoms with Crippen molar-refractivity contribution in [1.29, 1.82) is 0 Å². The molecule has 1 atom stereocenters. The Bertz CT molecular complexity index is 1690. The molecule has 6 nitrogen and oxygen atoms in total. The van der Waals surface area contributed by atoms with E-state index >= 15 is 0 Å². The number of carbonyl (C=O) groups is 2. The lowest BCUT2D eigenvalue weighted by molar-refractivity contribution is 0.0601. The standard InChI is InChI=1S/C33H29ClN2O4/c1-3-8-21(20-9-5-4-6-10-20)18-30(38)22-13-15-24(26(17-22)33(39)40-2)31-25(11-7-12-27(31)34)32-35-28-16-14-23(37)19-29(28)36-32/h4-7,9-17,19,21,37H,3,8,18H2,1-2H3,(H,35,36)/t21-/m0/s1. The number of hydrogen-bond donors (Lipinski definition) is 2. The first-order chi connectivity index (χ1) is 19.4. The highest BCUT2D eigenvalue weighted by molar-refractivity contribution is 6.34. The van der Waals surface area contributed by atoms with Crippen LogP contribution in [0.15, 0.2) is 84.9 Å². The molecule has 4 aromatic carbocycles. The van der Waals surface area contributed by atoms with Crippen LogP contribution < -0.4 is 0 Å². The third-order valence-electron chi connectivity index (χ3n) is 7.09. The van der Waals surface area contributed by atoms with E-state index < -0.39 is 5.97 Å². The van der Waals surface area contributed by atoms with Gasteiger partial charge in [-0.1, -0.05) is 79.5 Å². The molecule has 0 saturated carbocycles. The Hall–Kier alpha value is -4.42. The van der Waals surface area contributed by atoms with E-state index in [9.17, 15) is 14.7 Å². The van der Waals surface area contributed by atoms with E-state index in [2.05, 4.69) is 29.0 Å². The Balaban J connectivity index is 1.57. The van der Waals surface area contributed by atoms with Gasteiger partial charge < -0.3 is 14.8 Å². The number of phenols is 1. The molecule has 0 saturated heterocycles. The topological polar surface area (TPSA) is 92.3 Å². The molecule has 0 bridgehead atoms. The largest absolute Gasteiger partial charge is 0.508 e. The third-order valence-corrected chi connectivity index (χ3v) is 7.41. The summed E-state index contributed by atoms with van der Waals surface area (Å²) in [5.41, 5.74) is 4.92. The van der Waals surface area contributed by atoms with Crippen LogP contribution >= 0.6 is 11.6 Å². The molecule has 0 aliphatic heterocycles. The minimum Gasteiger partial charge on any atom is -0.508 e. The maximum absolute atomic E-state index is 13.5. The lowest BCUT2D eigenvalue weighted by atomic mass is 9.87. The fourth-order valence-electron chi connectivity index (χ4n) is 5.14. The summed E-state index contributed by atoms with van der Waals surface area (Å²) in [4.78, 5) is 34.4. The molecule has 40 heavy (non-hydrogen) atoms. The van der Waals surface area contributed by atoms with E-state index in [0.29, 0.717) is 50.6 Å². The number of aromatic amines is 1. The molecule has 202 valence electrons. The molecule has 5 aromatic rings. The van der Waals surface area contributed by atoms with Gasteiger partial charge in [-0.25, -0.2) is 9.78 Å². The molecule has 2 N–H and O–H groups in total. The summed E-state index contributed by atoms with van der Waals surface area (Å²) in [7, 11) is 1.31. The number of rotatable bonds is 9. The van der Waals surface area contributed by atoms with Crippen molar-refractivity contribution < 1.29 is 19.4 Å². The molecule has 5 rings (SSSR count). The second kappa shape index (κ2) is 11.8. The summed E-state index contributed by atoms with van der Waals surface area (Å²) in [5.74, 6) is 0.117. The van der Waals surface area contributed by atoms with Crippen molar-refractivity contribution in [2.75, 3.05) is 7.11 Å². The number of aromatic nitrogens is 2. The number of halogens is 1. The van der Waals surface area contributed by atoms with Gasteiger partial charge in [0.05, 0.1) is 23.7 Å². The van der Waals surface area contributed by atoms with E-state index in [1.807, 2.05) is 24.3 Å². The van der Waals surface area contributed by atoms with Crippen molar-refractivity contribution in [3.05, 3.63) is 107 Å². The van der Waals surface area contributed by atoms with Crippen LogP contribution in [0.2, 0.25) is 5.02 Å². The fraction of sp³-hybridized carbons (Fsp3) is 0.182. The fourth-order valence-corrected chi connectivity index (χ4v) is 5.41. The molecule has 7 heteroatoms. The van der Waals surface area contributed by atoms with Crippen LogP contribution in [-0.2, 0) is 4.74 Å². The van der Waals surface area contributed by atoms with Crippen molar-refractivity contribution >= 4 is 34.4 Å². The number of hydrogen-bond acceptors (Lipinski definition) is 5. The summed E-state index contributed by atoms with van der Waals surface area (Å²) in [6.07, 6.45) is 2.17. The minimum absolute atomic E-state index is 0.0459. The van der Waals surface area contributed by atoms with E-state index in [1.165, 1.54) is 7.11 Å². The smallest absolute Gasteiger partial charge is 0.338 e. The van der Waals surface area contributed by atoms with Gasteiger partial charge in [-0.15, -0.1) is 0 Å². The zero-order valence-electron chi connectivity index (χ0n) is 22.3. The van der Waals surface area contributed by atoms with Crippen LogP contribution in [-0.4, -0.2) is 33.9 Å². The molecule has 1 heterocycles. The number of phenolic OH excluding ortho intramolecular Hbond substituents is 1. The van der Waals surface area contributed by atoms with Crippen molar-refractivity contribution in [1.82, 2.24) is 9.97 Å². The van der Waals surface area contributed by atoms with Crippen molar-refractivity contribution in [3.63, 3.8) is 0 Å². The van der Waals surface area contributed by atoms with Crippen molar-refractivity contribution in [3.8, 4) is 28.3 Å². The number of esters is 1. The zero-order valence-corrected chi connectivity index (χ0v) is 23.0. The number of nitrogens with one attached hydrogen (secondary N) is 1. The number of H-pyrrole nitrogens is 1. The molecule has 0 amide bonds. The first-order valence-corrected chi connectivity index (χ1v) is 13.6. The number of nitrogens with zero attached hydrogens (tertiary/aromatic N) is 1. The lowest BCUT2D eigenvalue weighted by Crippen LogP contribution is -2.11. The minimum atomic E-state index is -0.571. The number of ketones is 1. The van der Waals surface area contributed by atoms with Gasteiger partial charge in [0.1, 0.15) is 11.6 Å². The third kappa shape index (κ3) is 5.49. The summed E-state index contributed by atoms with van der Waals surface area (Å²) in [5, 5.41) is 10.3. The van der Waals surface area contributed by atoms with Crippen LogP contribution in [0.3, 0.4) is 0 Å². The molecule has 0 fully saturated rings. The number of benzene rings is 4. The molecule has 0 unspecified atom stereocenters. The molecule has 0 radical (unpaired) electrons. The second-order valence-corrected chi connectivity index (χ2v) is 10.1. The van der Waals surface area contributed by atoms with Gasteiger partial charge in [0, 0.05) is 34.2 Å².